The second-order valence-electron chi connectivity index (χ2n) is 6.81. The summed E-state index contributed by atoms with van der Waals surface area (Å²) >= 11 is 0. The SMILES string of the molecule is CCc1cc(C(=O)N2CCC(C(=O)O)(c3ccccc3)CC2)oc1CC. The summed E-state index contributed by atoms with van der Waals surface area (Å²) in [7, 11) is 0. The van der Waals surface area contributed by atoms with Gasteiger partial charge in [0.05, 0.1) is 5.41 Å². The maximum atomic E-state index is 12.8. The van der Waals surface area contributed by atoms with Crippen LogP contribution in [0.2, 0.25) is 0 Å². The summed E-state index contributed by atoms with van der Waals surface area (Å²) in [4.78, 5) is 26.5. The molecule has 1 aromatic heterocycles. The predicted molar refractivity (Wildman–Crippen MR) is 98.4 cm³/mol. The van der Waals surface area contributed by atoms with Crippen molar-refractivity contribution in [2.75, 3.05) is 13.1 Å². The lowest BCUT2D eigenvalue weighted by molar-refractivity contribution is -0.145. The fraction of sp³-hybridized carbons (Fsp3) is 0.429. The highest BCUT2D eigenvalue weighted by molar-refractivity contribution is 5.92. The molecule has 138 valence electrons. The van der Waals surface area contributed by atoms with E-state index in [1.54, 1.807) is 4.90 Å². The molecule has 2 aromatic rings. The molecule has 26 heavy (non-hydrogen) atoms. The Morgan fingerprint density at radius 2 is 1.77 bits per heavy atom. The van der Waals surface area contributed by atoms with E-state index in [1.807, 2.05) is 50.2 Å². The van der Waals surface area contributed by atoms with Crippen molar-refractivity contribution in [3.63, 3.8) is 0 Å². The molecule has 5 heteroatoms. The van der Waals surface area contributed by atoms with Crippen LogP contribution in [0.5, 0.6) is 0 Å². The van der Waals surface area contributed by atoms with Crippen LogP contribution in [0.25, 0.3) is 0 Å². The first-order valence-electron chi connectivity index (χ1n) is 9.21. The summed E-state index contributed by atoms with van der Waals surface area (Å²) < 4.78 is 5.75. The number of furan rings is 1. The van der Waals surface area contributed by atoms with Crippen LogP contribution in [0.3, 0.4) is 0 Å². The van der Waals surface area contributed by atoms with Crippen LogP contribution in [0, 0.1) is 0 Å². The molecule has 1 amide bonds. The van der Waals surface area contributed by atoms with Crippen LogP contribution in [0.15, 0.2) is 40.8 Å². The predicted octanol–water partition coefficient (Wildman–Crippen LogP) is 3.66. The van der Waals surface area contributed by atoms with E-state index in [2.05, 4.69) is 0 Å². The normalized spacial score (nSPS) is 16.5. The van der Waals surface area contributed by atoms with Crippen molar-refractivity contribution in [1.82, 2.24) is 4.90 Å². The van der Waals surface area contributed by atoms with Crippen LogP contribution in [-0.4, -0.2) is 35.0 Å². The van der Waals surface area contributed by atoms with Gasteiger partial charge in [-0.25, -0.2) is 0 Å². The van der Waals surface area contributed by atoms with Crippen molar-refractivity contribution in [3.8, 4) is 0 Å². The Bertz CT molecular complexity index is 764. The van der Waals surface area contributed by atoms with Crippen molar-refractivity contribution in [2.24, 2.45) is 0 Å². The van der Waals surface area contributed by atoms with E-state index in [0.29, 0.717) is 31.7 Å². The highest BCUT2D eigenvalue weighted by atomic mass is 16.4. The number of hydrogen-bond donors (Lipinski definition) is 1. The van der Waals surface area contributed by atoms with Gasteiger partial charge in [-0.3, -0.25) is 9.59 Å². The molecule has 0 saturated carbocycles. The summed E-state index contributed by atoms with van der Waals surface area (Å²) in [6.07, 6.45) is 2.39. The smallest absolute Gasteiger partial charge is 0.314 e. The number of carbonyl (C=O) groups is 2. The number of benzene rings is 1. The number of carbonyl (C=O) groups excluding carboxylic acids is 1. The van der Waals surface area contributed by atoms with Gasteiger partial charge in [-0.15, -0.1) is 0 Å². The molecule has 0 aliphatic carbocycles. The average molecular weight is 355 g/mol. The molecule has 0 bridgehead atoms. The van der Waals surface area contributed by atoms with Gasteiger partial charge in [-0.05, 0) is 36.5 Å². The molecule has 1 aliphatic rings. The number of likely N-dealkylation sites (tertiary alicyclic amines) is 1. The van der Waals surface area contributed by atoms with Crippen LogP contribution in [0.4, 0.5) is 0 Å². The molecule has 1 aromatic carbocycles. The van der Waals surface area contributed by atoms with E-state index < -0.39 is 11.4 Å². The first-order chi connectivity index (χ1) is 12.5. The summed E-state index contributed by atoms with van der Waals surface area (Å²) in [5.74, 6) is 0.250. The Morgan fingerprint density at radius 1 is 1.12 bits per heavy atom. The summed E-state index contributed by atoms with van der Waals surface area (Å²) in [5, 5.41) is 9.87. The van der Waals surface area contributed by atoms with Gasteiger partial charge in [0.15, 0.2) is 5.76 Å². The van der Waals surface area contributed by atoms with E-state index in [0.717, 1.165) is 29.7 Å². The largest absolute Gasteiger partial charge is 0.481 e. The number of carboxylic acids is 1. The molecular weight excluding hydrogens is 330 g/mol. The zero-order valence-electron chi connectivity index (χ0n) is 15.3. The van der Waals surface area contributed by atoms with E-state index in [9.17, 15) is 14.7 Å². The third kappa shape index (κ3) is 3.14. The van der Waals surface area contributed by atoms with Gasteiger partial charge in [0.2, 0.25) is 0 Å². The lowest BCUT2D eigenvalue weighted by Gasteiger charge is -2.39. The summed E-state index contributed by atoms with van der Waals surface area (Å²) in [5.41, 5.74) is 0.945. The number of aliphatic carboxylic acids is 1. The lowest BCUT2D eigenvalue weighted by Crippen LogP contribution is -2.49. The van der Waals surface area contributed by atoms with Crippen molar-refractivity contribution in [3.05, 3.63) is 59.0 Å². The molecule has 1 saturated heterocycles. The quantitative estimate of drug-likeness (QED) is 0.888. The third-order valence-electron chi connectivity index (χ3n) is 5.45. The van der Waals surface area contributed by atoms with Crippen LogP contribution in [-0.2, 0) is 23.1 Å². The van der Waals surface area contributed by atoms with Gasteiger partial charge in [-0.2, -0.15) is 0 Å². The number of amides is 1. The maximum absolute atomic E-state index is 12.8. The van der Waals surface area contributed by atoms with Crippen molar-refractivity contribution >= 4 is 11.9 Å². The molecular formula is C21H25NO4. The van der Waals surface area contributed by atoms with E-state index in [1.165, 1.54) is 0 Å². The maximum Gasteiger partial charge on any atom is 0.314 e. The molecule has 1 aliphatic heterocycles. The Morgan fingerprint density at radius 3 is 2.27 bits per heavy atom. The van der Waals surface area contributed by atoms with Crippen LogP contribution >= 0.6 is 0 Å². The zero-order valence-corrected chi connectivity index (χ0v) is 15.3. The Labute approximate surface area is 153 Å². The summed E-state index contributed by atoms with van der Waals surface area (Å²) in [6.45, 7) is 4.86. The highest BCUT2D eigenvalue weighted by Gasteiger charge is 2.44. The molecule has 0 atom stereocenters. The lowest BCUT2D eigenvalue weighted by atomic mass is 9.73. The molecule has 0 radical (unpaired) electrons. The fourth-order valence-electron chi connectivity index (χ4n) is 3.80. The number of carboxylic acid groups (broad SMARTS) is 1. The van der Waals surface area contributed by atoms with Crippen molar-refractivity contribution in [2.45, 2.75) is 44.9 Å². The molecule has 2 heterocycles. The molecule has 3 rings (SSSR count). The summed E-state index contributed by atoms with van der Waals surface area (Å²) in [6, 6.07) is 11.2. The van der Waals surface area contributed by atoms with Crippen molar-refractivity contribution < 1.29 is 19.1 Å². The minimum absolute atomic E-state index is 0.147. The van der Waals surface area contributed by atoms with Gasteiger partial charge in [0, 0.05) is 19.5 Å². The standard InChI is InChI=1S/C21H25NO4/c1-3-15-14-18(26-17(15)4-2)19(23)22-12-10-21(11-13-22,20(24)25)16-8-6-5-7-9-16/h5-9,14H,3-4,10-13H2,1-2H3,(H,24,25). The second-order valence-corrected chi connectivity index (χ2v) is 6.81. The average Bonchev–Trinajstić information content (AvgIpc) is 3.11. The molecule has 1 N–H and O–H groups in total. The van der Waals surface area contributed by atoms with Gasteiger partial charge in [0.1, 0.15) is 5.76 Å². The van der Waals surface area contributed by atoms with Crippen LogP contribution < -0.4 is 0 Å². The molecule has 1 fully saturated rings. The zero-order chi connectivity index (χ0) is 18.7. The van der Waals surface area contributed by atoms with Crippen LogP contribution in [0.1, 0.15) is 54.1 Å². The van der Waals surface area contributed by atoms with Gasteiger partial charge in [0.25, 0.3) is 5.91 Å². The Hall–Kier alpha value is -2.56. The Kier molecular flexibility index (Phi) is 5.16. The first kappa shape index (κ1) is 18.2. The minimum Gasteiger partial charge on any atom is -0.481 e. The fourth-order valence-corrected chi connectivity index (χ4v) is 3.80. The minimum atomic E-state index is -0.926. The van der Waals surface area contributed by atoms with Crippen molar-refractivity contribution in [1.29, 1.82) is 0 Å². The number of hydrogen-bond acceptors (Lipinski definition) is 3. The number of piperidine rings is 1. The van der Waals surface area contributed by atoms with Gasteiger partial charge >= 0.3 is 5.97 Å². The third-order valence-corrected chi connectivity index (χ3v) is 5.45. The highest BCUT2D eigenvalue weighted by Crippen LogP contribution is 2.36. The number of rotatable bonds is 5. The topological polar surface area (TPSA) is 70.8 Å². The van der Waals surface area contributed by atoms with Gasteiger partial charge < -0.3 is 14.4 Å². The molecule has 0 unspecified atom stereocenters. The second kappa shape index (κ2) is 7.36. The number of aryl methyl sites for hydroxylation is 2. The first-order valence-corrected chi connectivity index (χ1v) is 9.21. The van der Waals surface area contributed by atoms with E-state index in [4.69, 9.17) is 4.42 Å². The van der Waals surface area contributed by atoms with Gasteiger partial charge in [-0.1, -0.05) is 44.2 Å². The van der Waals surface area contributed by atoms with E-state index in [-0.39, 0.29) is 5.91 Å². The monoisotopic (exact) mass is 355 g/mol. The Balaban J connectivity index is 1.78. The number of nitrogens with zero attached hydrogens (tertiary/aromatic N) is 1. The molecule has 0 spiro atoms. The van der Waals surface area contributed by atoms with E-state index >= 15 is 0 Å². The molecule has 5 nitrogen and oxygen atoms in total.